The monoisotopic (exact) mass is 210 g/mol. The Morgan fingerprint density at radius 2 is 1.80 bits per heavy atom. The third-order valence-electron chi connectivity index (χ3n) is 4.21. The summed E-state index contributed by atoms with van der Waals surface area (Å²) in [5, 5.41) is 3.53. The highest BCUT2D eigenvalue weighted by atomic mass is 15.2. The Hall–Kier alpha value is -0.0800. The Balaban J connectivity index is 2.02. The lowest BCUT2D eigenvalue weighted by atomic mass is 9.94. The van der Waals surface area contributed by atoms with Gasteiger partial charge in [-0.05, 0) is 52.6 Å². The molecule has 0 atom stereocenters. The van der Waals surface area contributed by atoms with E-state index in [1.54, 1.807) is 0 Å². The van der Waals surface area contributed by atoms with Gasteiger partial charge in [-0.15, -0.1) is 0 Å². The van der Waals surface area contributed by atoms with Crippen LogP contribution in [0, 0.1) is 0 Å². The number of nitrogens with one attached hydrogen (secondary N) is 1. The largest absolute Gasteiger partial charge is 0.317 e. The maximum Gasteiger partial charge on any atom is 0.0168 e. The summed E-state index contributed by atoms with van der Waals surface area (Å²) in [5.41, 5.74) is 0.405. The van der Waals surface area contributed by atoms with Gasteiger partial charge < -0.3 is 5.32 Å². The van der Waals surface area contributed by atoms with Gasteiger partial charge in [-0.2, -0.15) is 0 Å². The first-order valence-corrected chi connectivity index (χ1v) is 6.68. The fraction of sp³-hybridized carbons (Fsp3) is 1.00. The summed E-state index contributed by atoms with van der Waals surface area (Å²) in [7, 11) is 0. The molecule has 0 unspecified atom stereocenters. The zero-order valence-corrected chi connectivity index (χ0v) is 10.4. The van der Waals surface area contributed by atoms with E-state index < -0.39 is 0 Å². The van der Waals surface area contributed by atoms with Crippen LogP contribution < -0.4 is 5.32 Å². The minimum absolute atomic E-state index is 0.405. The minimum Gasteiger partial charge on any atom is -0.317 e. The molecule has 1 aliphatic heterocycles. The first-order valence-electron chi connectivity index (χ1n) is 6.68. The fourth-order valence-electron chi connectivity index (χ4n) is 3.23. The number of nitrogens with zero attached hydrogens (tertiary/aromatic N) is 1. The quantitative estimate of drug-likeness (QED) is 0.715. The van der Waals surface area contributed by atoms with Crippen LogP contribution in [-0.2, 0) is 0 Å². The van der Waals surface area contributed by atoms with Crippen LogP contribution >= 0.6 is 0 Å². The molecule has 1 saturated carbocycles. The molecule has 0 bridgehead atoms. The molecular weight excluding hydrogens is 184 g/mol. The number of hydrogen-bond donors (Lipinski definition) is 1. The topological polar surface area (TPSA) is 15.3 Å². The lowest BCUT2D eigenvalue weighted by molar-refractivity contribution is 0.0560. The fourth-order valence-corrected chi connectivity index (χ4v) is 3.23. The summed E-state index contributed by atoms with van der Waals surface area (Å²) in [5.74, 6) is 0. The molecule has 0 radical (unpaired) electrons. The molecule has 0 aromatic heterocycles. The average molecular weight is 210 g/mol. The second kappa shape index (κ2) is 4.84. The molecule has 0 spiro atoms. The standard InChI is InChI=1S/C13H26N2/c1-13(2)8-10-14-9-5-11-15(13)12-6-3-4-7-12/h12,14H,3-11H2,1-2H3. The lowest BCUT2D eigenvalue weighted by Gasteiger charge is -2.44. The van der Waals surface area contributed by atoms with Gasteiger partial charge in [0.1, 0.15) is 0 Å². The van der Waals surface area contributed by atoms with Gasteiger partial charge >= 0.3 is 0 Å². The Morgan fingerprint density at radius 3 is 2.53 bits per heavy atom. The van der Waals surface area contributed by atoms with E-state index in [9.17, 15) is 0 Å². The first-order chi connectivity index (χ1) is 7.20. The van der Waals surface area contributed by atoms with Crippen molar-refractivity contribution in [1.29, 1.82) is 0 Å². The predicted octanol–water partition coefficient (Wildman–Crippen LogP) is 2.39. The van der Waals surface area contributed by atoms with Gasteiger partial charge in [0, 0.05) is 18.1 Å². The summed E-state index contributed by atoms with van der Waals surface area (Å²) in [6, 6.07) is 0.887. The van der Waals surface area contributed by atoms with Crippen molar-refractivity contribution in [2.24, 2.45) is 0 Å². The van der Waals surface area contributed by atoms with Gasteiger partial charge in [-0.3, -0.25) is 4.90 Å². The van der Waals surface area contributed by atoms with E-state index in [2.05, 4.69) is 24.1 Å². The molecule has 2 nitrogen and oxygen atoms in total. The van der Waals surface area contributed by atoms with E-state index in [0.29, 0.717) is 5.54 Å². The Morgan fingerprint density at radius 1 is 1.07 bits per heavy atom. The maximum absolute atomic E-state index is 3.53. The summed E-state index contributed by atoms with van der Waals surface area (Å²) in [4.78, 5) is 2.81. The van der Waals surface area contributed by atoms with Crippen molar-refractivity contribution in [1.82, 2.24) is 10.2 Å². The maximum atomic E-state index is 3.53. The van der Waals surface area contributed by atoms with Crippen LogP contribution in [0.4, 0.5) is 0 Å². The zero-order valence-electron chi connectivity index (χ0n) is 10.4. The van der Waals surface area contributed by atoms with E-state index in [0.717, 1.165) is 6.04 Å². The molecule has 1 aliphatic carbocycles. The minimum atomic E-state index is 0.405. The van der Waals surface area contributed by atoms with Crippen LogP contribution in [0.1, 0.15) is 52.4 Å². The molecule has 2 aliphatic rings. The van der Waals surface area contributed by atoms with Crippen molar-refractivity contribution >= 4 is 0 Å². The summed E-state index contributed by atoms with van der Waals surface area (Å²) >= 11 is 0. The summed E-state index contributed by atoms with van der Waals surface area (Å²) in [6.07, 6.45) is 8.40. The molecular formula is C13H26N2. The van der Waals surface area contributed by atoms with Crippen molar-refractivity contribution in [3.05, 3.63) is 0 Å². The second-order valence-electron chi connectivity index (χ2n) is 5.80. The number of hydrogen-bond acceptors (Lipinski definition) is 2. The van der Waals surface area contributed by atoms with E-state index in [1.807, 2.05) is 0 Å². The average Bonchev–Trinajstić information content (AvgIpc) is 2.66. The van der Waals surface area contributed by atoms with Gasteiger partial charge in [-0.25, -0.2) is 0 Å². The molecule has 2 heteroatoms. The predicted molar refractivity (Wildman–Crippen MR) is 65.1 cm³/mol. The Bertz CT molecular complexity index is 195. The third kappa shape index (κ3) is 2.73. The number of rotatable bonds is 1. The zero-order chi connectivity index (χ0) is 10.7. The van der Waals surface area contributed by atoms with Crippen LogP contribution in [0.3, 0.4) is 0 Å². The highest BCUT2D eigenvalue weighted by Gasteiger charge is 2.33. The van der Waals surface area contributed by atoms with Crippen molar-refractivity contribution in [2.75, 3.05) is 19.6 Å². The second-order valence-corrected chi connectivity index (χ2v) is 5.80. The van der Waals surface area contributed by atoms with Gasteiger partial charge in [0.25, 0.3) is 0 Å². The SMILES string of the molecule is CC1(C)CCNCCCN1C1CCCC1. The van der Waals surface area contributed by atoms with E-state index in [4.69, 9.17) is 0 Å². The van der Waals surface area contributed by atoms with Gasteiger partial charge in [0.15, 0.2) is 0 Å². The Labute approximate surface area is 94.4 Å². The van der Waals surface area contributed by atoms with Crippen molar-refractivity contribution in [3.63, 3.8) is 0 Å². The molecule has 1 N–H and O–H groups in total. The molecule has 2 rings (SSSR count). The van der Waals surface area contributed by atoms with Gasteiger partial charge in [0.05, 0.1) is 0 Å². The van der Waals surface area contributed by atoms with Crippen molar-refractivity contribution < 1.29 is 0 Å². The molecule has 1 saturated heterocycles. The highest BCUT2D eigenvalue weighted by molar-refractivity contribution is 4.90. The summed E-state index contributed by atoms with van der Waals surface area (Å²) < 4.78 is 0. The molecule has 0 amide bonds. The van der Waals surface area contributed by atoms with Crippen LogP contribution in [0.2, 0.25) is 0 Å². The van der Waals surface area contributed by atoms with Gasteiger partial charge in [-0.1, -0.05) is 12.8 Å². The lowest BCUT2D eigenvalue weighted by Crippen LogP contribution is -2.52. The van der Waals surface area contributed by atoms with Crippen LogP contribution in [0.25, 0.3) is 0 Å². The smallest absolute Gasteiger partial charge is 0.0168 e. The third-order valence-corrected chi connectivity index (χ3v) is 4.21. The molecule has 2 fully saturated rings. The summed E-state index contributed by atoms with van der Waals surface area (Å²) in [6.45, 7) is 8.55. The van der Waals surface area contributed by atoms with Crippen LogP contribution in [0.5, 0.6) is 0 Å². The molecule has 0 aromatic rings. The molecule has 1 heterocycles. The van der Waals surface area contributed by atoms with Gasteiger partial charge in [0.2, 0.25) is 0 Å². The van der Waals surface area contributed by atoms with E-state index in [-0.39, 0.29) is 0 Å². The van der Waals surface area contributed by atoms with Crippen molar-refractivity contribution in [2.45, 2.75) is 64.0 Å². The highest BCUT2D eigenvalue weighted by Crippen LogP contribution is 2.31. The van der Waals surface area contributed by atoms with E-state index >= 15 is 0 Å². The normalized spacial score (nSPS) is 30.0. The Kier molecular flexibility index (Phi) is 3.68. The first kappa shape index (κ1) is 11.4. The van der Waals surface area contributed by atoms with E-state index in [1.165, 1.54) is 58.2 Å². The van der Waals surface area contributed by atoms with Crippen molar-refractivity contribution in [3.8, 4) is 0 Å². The molecule has 15 heavy (non-hydrogen) atoms. The molecule has 0 aromatic carbocycles. The molecule has 88 valence electrons. The van der Waals surface area contributed by atoms with Crippen LogP contribution in [-0.4, -0.2) is 36.1 Å². The van der Waals surface area contributed by atoms with Crippen LogP contribution in [0.15, 0.2) is 0 Å².